The zero-order valence-corrected chi connectivity index (χ0v) is 19.1. The molecule has 170 valence electrons. The van der Waals surface area contributed by atoms with Crippen LogP contribution < -0.4 is 9.47 Å². The third-order valence-electron chi connectivity index (χ3n) is 5.46. The van der Waals surface area contributed by atoms with Crippen LogP contribution in [0.25, 0.3) is 11.4 Å². The molecule has 1 aliphatic heterocycles. The number of benzene rings is 2. The number of rotatable bonds is 7. The van der Waals surface area contributed by atoms with E-state index >= 15 is 0 Å². The maximum atomic E-state index is 13.2. The maximum absolute atomic E-state index is 13.2. The summed E-state index contributed by atoms with van der Waals surface area (Å²) < 4.78 is 43.8. The second-order valence-electron chi connectivity index (χ2n) is 7.57. The van der Waals surface area contributed by atoms with E-state index in [4.69, 9.17) is 14.0 Å². The van der Waals surface area contributed by atoms with Crippen LogP contribution in [0.4, 0.5) is 0 Å². The van der Waals surface area contributed by atoms with Crippen molar-refractivity contribution in [1.82, 2.24) is 19.3 Å². The van der Waals surface area contributed by atoms with Crippen LogP contribution in [0, 0.1) is 6.92 Å². The SMILES string of the molecule is COc1ccc(OC)c(S(=O)(=O)N2CCN(Cc3nc(-c4ccc(C)cc4)no3)CC2)c1. The van der Waals surface area contributed by atoms with Gasteiger partial charge >= 0.3 is 0 Å². The van der Waals surface area contributed by atoms with Gasteiger partial charge in [0.1, 0.15) is 16.4 Å². The van der Waals surface area contributed by atoms with Gasteiger partial charge in [0.15, 0.2) is 0 Å². The summed E-state index contributed by atoms with van der Waals surface area (Å²) in [5.74, 6) is 1.81. The van der Waals surface area contributed by atoms with E-state index in [1.165, 1.54) is 24.6 Å². The van der Waals surface area contributed by atoms with E-state index in [1.807, 2.05) is 31.2 Å². The number of nitrogens with zero attached hydrogens (tertiary/aromatic N) is 4. The lowest BCUT2D eigenvalue weighted by molar-refractivity contribution is 0.163. The molecule has 1 aromatic heterocycles. The van der Waals surface area contributed by atoms with Gasteiger partial charge < -0.3 is 14.0 Å². The Morgan fingerprint density at radius 1 is 1.00 bits per heavy atom. The Morgan fingerprint density at radius 2 is 1.72 bits per heavy atom. The van der Waals surface area contributed by atoms with Crippen molar-refractivity contribution in [2.75, 3.05) is 40.4 Å². The quantitative estimate of drug-likeness (QED) is 0.533. The molecule has 0 radical (unpaired) electrons. The molecule has 0 saturated carbocycles. The van der Waals surface area contributed by atoms with E-state index < -0.39 is 10.0 Å². The van der Waals surface area contributed by atoms with Gasteiger partial charge in [-0.25, -0.2) is 8.42 Å². The first-order valence-corrected chi connectivity index (χ1v) is 11.7. The molecule has 9 nitrogen and oxygen atoms in total. The summed E-state index contributed by atoms with van der Waals surface area (Å²) in [5, 5.41) is 4.07. The van der Waals surface area contributed by atoms with Crippen LogP contribution in [-0.4, -0.2) is 68.2 Å². The zero-order chi connectivity index (χ0) is 22.7. The lowest BCUT2D eigenvalue weighted by Crippen LogP contribution is -2.48. The number of aromatic nitrogens is 2. The largest absolute Gasteiger partial charge is 0.497 e. The molecular weight excluding hydrogens is 432 g/mol. The van der Waals surface area contributed by atoms with Crippen LogP contribution in [0.1, 0.15) is 11.5 Å². The number of hydrogen-bond donors (Lipinski definition) is 0. The van der Waals surface area contributed by atoms with Crippen LogP contribution in [0.3, 0.4) is 0 Å². The van der Waals surface area contributed by atoms with E-state index in [0.29, 0.717) is 55.9 Å². The molecule has 0 aliphatic carbocycles. The summed E-state index contributed by atoms with van der Waals surface area (Å²) in [7, 11) is -0.768. The van der Waals surface area contributed by atoms with Gasteiger partial charge in [-0.2, -0.15) is 9.29 Å². The van der Waals surface area contributed by atoms with Gasteiger partial charge in [-0.15, -0.1) is 0 Å². The highest BCUT2D eigenvalue weighted by atomic mass is 32.2. The number of hydrogen-bond acceptors (Lipinski definition) is 8. The van der Waals surface area contributed by atoms with Crippen molar-refractivity contribution >= 4 is 10.0 Å². The second-order valence-corrected chi connectivity index (χ2v) is 9.48. The molecule has 1 fully saturated rings. The van der Waals surface area contributed by atoms with Gasteiger partial charge in [-0.1, -0.05) is 35.0 Å². The van der Waals surface area contributed by atoms with E-state index in [0.717, 1.165) is 11.1 Å². The van der Waals surface area contributed by atoms with Crippen LogP contribution in [0.5, 0.6) is 11.5 Å². The minimum atomic E-state index is -3.72. The smallest absolute Gasteiger partial charge is 0.246 e. The molecule has 1 saturated heterocycles. The monoisotopic (exact) mass is 458 g/mol. The molecule has 4 rings (SSSR count). The molecule has 0 bridgehead atoms. The summed E-state index contributed by atoms with van der Waals surface area (Å²) in [6.45, 7) is 4.29. The van der Waals surface area contributed by atoms with Crippen molar-refractivity contribution < 1.29 is 22.4 Å². The van der Waals surface area contributed by atoms with Crippen molar-refractivity contribution in [3.63, 3.8) is 0 Å². The predicted octanol–water partition coefficient (Wildman–Crippen LogP) is 2.57. The van der Waals surface area contributed by atoms with E-state index in [1.54, 1.807) is 12.1 Å². The van der Waals surface area contributed by atoms with E-state index in [9.17, 15) is 8.42 Å². The molecule has 32 heavy (non-hydrogen) atoms. The standard InChI is InChI=1S/C22H26N4O5S/c1-16-4-6-17(7-5-16)22-23-21(31-24-22)15-25-10-12-26(13-11-25)32(27,28)20-14-18(29-2)8-9-19(20)30-3/h4-9,14H,10-13,15H2,1-3H3. The Bertz CT molecular complexity index is 1170. The fraction of sp³-hybridized carbons (Fsp3) is 0.364. The lowest BCUT2D eigenvalue weighted by atomic mass is 10.1. The van der Waals surface area contributed by atoms with Crippen molar-refractivity contribution in [1.29, 1.82) is 0 Å². The molecule has 0 N–H and O–H groups in total. The molecule has 3 aromatic rings. The maximum Gasteiger partial charge on any atom is 0.246 e. The van der Waals surface area contributed by atoms with Gasteiger partial charge in [0.05, 0.1) is 20.8 Å². The first kappa shape index (κ1) is 22.3. The van der Waals surface area contributed by atoms with Gasteiger partial charge in [-0.05, 0) is 19.1 Å². The molecule has 10 heteroatoms. The summed E-state index contributed by atoms with van der Waals surface area (Å²) in [4.78, 5) is 6.68. The van der Waals surface area contributed by atoms with Crippen molar-refractivity contribution in [2.24, 2.45) is 0 Å². The topological polar surface area (TPSA) is 98.0 Å². The number of aryl methyl sites for hydroxylation is 1. The summed E-state index contributed by atoms with van der Waals surface area (Å²) >= 11 is 0. The molecule has 2 aromatic carbocycles. The predicted molar refractivity (Wildman–Crippen MR) is 118 cm³/mol. The Balaban J connectivity index is 1.41. The van der Waals surface area contributed by atoms with Crippen molar-refractivity contribution in [2.45, 2.75) is 18.4 Å². The molecule has 0 unspecified atom stereocenters. The third kappa shape index (κ3) is 4.62. The minimum Gasteiger partial charge on any atom is -0.497 e. The highest BCUT2D eigenvalue weighted by Gasteiger charge is 2.31. The minimum absolute atomic E-state index is 0.104. The molecule has 0 atom stereocenters. The highest BCUT2D eigenvalue weighted by Crippen LogP contribution is 2.31. The summed E-state index contributed by atoms with van der Waals surface area (Å²) in [6, 6.07) is 12.7. The normalized spacial score (nSPS) is 15.6. The average molecular weight is 459 g/mol. The Labute approximate surface area is 187 Å². The van der Waals surface area contributed by atoms with E-state index in [2.05, 4.69) is 15.0 Å². The van der Waals surface area contributed by atoms with Crippen LogP contribution in [0.2, 0.25) is 0 Å². The van der Waals surface area contributed by atoms with Gasteiger partial charge in [0, 0.05) is 37.8 Å². The number of piperazine rings is 1. The van der Waals surface area contributed by atoms with Crippen LogP contribution in [0.15, 0.2) is 51.9 Å². The average Bonchev–Trinajstić information content (AvgIpc) is 3.28. The lowest BCUT2D eigenvalue weighted by Gasteiger charge is -2.33. The summed E-state index contributed by atoms with van der Waals surface area (Å²) in [6.07, 6.45) is 0. The fourth-order valence-electron chi connectivity index (χ4n) is 3.58. The van der Waals surface area contributed by atoms with Gasteiger partial charge in [-0.3, -0.25) is 4.90 Å². The van der Waals surface area contributed by atoms with Gasteiger partial charge in [0.2, 0.25) is 21.7 Å². The van der Waals surface area contributed by atoms with Gasteiger partial charge in [0.25, 0.3) is 0 Å². The summed E-state index contributed by atoms with van der Waals surface area (Å²) in [5.41, 5.74) is 2.06. The second kappa shape index (κ2) is 9.27. The Hall–Kier alpha value is -2.95. The van der Waals surface area contributed by atoms with Crippen LogP contribution in [-0.2, 0) is 16.6 Å². The number of methoxy groups -OCH3 is 2. The third-order valence-corrected chi connectivity index (χ3v) is 7.38. The highest BCUT2D eigenvalue weighted by molar-refractivity contribution is 7.89. The first-order chi connectivity index (χ1) is 15.4. The first-order valence-electron chi connectivity index (χ1n) is 10.2. The molecular formula is C22H26N4O5S. The Morgan fingerprint density at radius 3 is 2.38 bits per heavy atom. The molecule has 0 spiro atoms. The number of sulfonamides is 1. The van der Waals surface area contributed by atoms with Crippen LogP contribution >= 0.6 is 0 Å². The molecule has 2 heterocycles. The van der Waals surface area contributed by atoms with E-state index in [-0.39, 0.29) is 4.90 Å². The van der Waals surface area contributed by atoms with Crippen molar-refractivity contribution in [3.8, 4) is 22.9 Å². The zero-order valence-electron chi connectivity index (χ0n) is 18.3. The molecule has 0 amide bonds. The Kier molecular flexibility index (Phi) is 6.45. The molecule has 1 aliphatic rings. The number of ether oxygens (including phenoxy) is 2. The van der Waals surface area contributed by atoms with Crippen molar-refractivity contribution in [3.05, 3.63) is 53.9 Å². The fourth-order valence-corrected chi connectivity index (χ4v) is 5.18.